The third-order valence-electron chi connectivity index (χ3n) is 2.94. The van der Waals surface area contributed by atoms with Gasteiger partial charge in [0.05, 0.1) is 18.6 Å². The highest BCUT2D eigenvalue weighted by Crippen LogP contribution is 2.23. The second kappa shape index (κ2) is 5.99. The Kier molecular flexibility index (Phi) is 4.35. The number of hydrogen-bond acceptors (Lipinski definition) is 3. The molecule has 100 valence electrons. The molecule has 0 saturated heterocycles. The highest BCUT2D eigenvalue weighted by Gasteiger charge is 2.26. The zero-order valence-corrected chi connectivity index (χ0v) is 11.6. The number of aliphatic hydroxyl groups is 1. The van der Waals surface area contributed by atoms with E-state index in [1.165, 1.54) is 0 Å². The molecule has 1 heterocycles. The summed E-state index contributed by atoms with van der Waals surface area (Å²) in [6, 6.07) is 13.2. The van der Waals surface area contributed by atoms with Gasteiger partial charge in [-0.3, -0.25) is 4.79 Å². The van der Waals surface area contributed by atoms with Crippen LogP contribution in [0, 0.1) is 0 Å². The highest BCUT2D eigenvalue weighted by molar-refractivity contribution is 7.09. The van der Waals surface area contributed by atoms with Crippen LogP contribution in [0.4, 0.5) is 0 Å². The lowest BCUT2D eigenvalue weighted by Crippen LogP contribution is -2.32. The zero-order valence-electron chi connectivity index (χ0n) is 10.8. The zero-order chi connectivity index (χ0) is 13.7. The van der Waals surface area contributed by atoms with Crippen molar-refractivity contribution in [3.63, 3.8) is 0 Å². The first-order valence-electron chi connectivity index (χ1n) is 6.15. The third kappa shape index (κ3) is 3.91. The monoisotopic (exact) mass is 275 g/mol. The van der Waals surface area contributed by atoms with Crippen LogP contribution in [-0.4, -0.2) is 11.0 Å². The summed E-state index contributed by atoms with van der Waals surface area (Å²) in [4.78, 5) is 13.0. The molecular weight excluding hydrogens is 258 g/mol. The Morgan fingerprint density at radius 1 is 1.26 bits per heavy atom. The van der Waals surface area contributed by atoms with Crippen LogP contribution in [0.2, 0.25) is 0 Å². The third-order valence-corrected chi connectivity index (χ3v) is 3.82. The number of amides is 1. The van der Waals surface area contributed by atoms with Crippen LogP contribution in [0.1, 0.15) is 23.8 Å². The molecule has 19 heavy (non-hydrogen) atoms. The van der Waals surface area contributed by atoms with Crippen LogP contribution < -0.4 is 5.32 Å². The standard InChI is InChI=1S/C15H17NO2S/c1-15(18,12-6-3-2-4-7-12)10-14(17)16-11-13-8-5-9-19-13/h2-9,18H,10-11H2,1H3,(H,16,17). The van der Waals surface area contributed by atoms with Crippen LogP contribution in [0.25, 0.3) is 0 Å². The van der Waals surface area contributed by atoms with Gasteiger partial charge >= 0.3 is 0 Å². The summed E-state index contributed by atoms with van der Waals surface area (Å²) in [7, 11) is 0. The van der Waals surface area contributed by atoms with Crippen LogP contribution in [0.5, 0.6) is 0 Å². The van der Waals surface area contributed by atoms with Crippen molar-refractivity contribution < 1.29 is 9.90 Å². The second-order valence-electron chi connectivity index (χ2n) is 4.67. The van der Waals surface area contributed by atoms with Gasteiger partial charge in [0.2, 0.25) is 5.91 Å². The molecule has 3 nitrogen and oxygen atoms in total. The van der Waals surface area contributed by atoms with Crippen molar-refractivity contribution in [2.75, 3.05) is 0 Å². The summed E-state index contributed by atoms with van der Waals surface area (Å²) in [5.74, 6) is -0.151. The van der Waals surface area contributed by atoms with Gasteiger partial charge in [0.1, 0.15) is 0 Å². The number of carbonyl (C=O) groups excluding carboxylic acids is 1. The molecule has 0 saturated carbocycles. The number of nitrogens with one attached hydrogen (secondary N) is 1. The van der Waals surface area contributed by atoms with Gasteiger partial charge in [-0.15, -0.1) is 11.3 Å². The molecule has 1 unspecified atom stereocenters. The normalized spacial score (nSPS) is 13.8. The number of hydrogen-bond donors (Lipinski definition) is 2. The van der Waals surface area contributed by atoms with E-state index in [0.29, 0.717) is 6.54 Å². The van der Waals surface area contributed by atoms with Crippen molar-refractivity contribution in [2.45, 2.75) is 25.5 Å². The van der Waals surface area contributed by atoms with E-state index in [1.807, 2.05) is 47.8 Å². The topological polar surface area (TPSA) is 49.3 Å². The molecule has 2 aromatic rings. The molecule has 0 radical (unpaired) electrons. The lowest BCUT2D eigenvalue weighted by atomic mass is 9.92. The van der Waals surface area contributed by atoms with Crippen molar-refractivity contribution in [2.24, 2.45) is 0 Å². The van der Waals surface area contributed by atoms with Gasteiger partial charge in [-0.2, -0.15) is 0 Å². The Balaban J connectivity index is 1.91. The van der Waals surface area contributed by atoms with Gasteiger partial charge in [0.15, 0.2) is 0 Å². The summed E-state index contributed by atoms with van der Waals surface area (Å²) in [6.45, 7) is 2.18. The summed E-state index contributed by atoms with van der Waals surface area (Å²) in [5.41, 5.74) is -0.387. The Bertz CT molecular complexity index is 520. The summed E-state index contributed by atoms with van der Waals surface area (Å²) >= 11 is 1.60. The summed E-state index contributed by atoms with van der Waals surface area (Å²) < 4.78 is 0. The minimum absolute atomic E-state index is 0.0579. The Morgan fingerprint density at radius 2 is 2.00 bits per heavy atom. The molecule has 1 aromatic carbocycles. The van der Waals surface area contributed by atoms with Crippen molar-refractivity contribution in [1.82, 2.24) is 5.32 Å². The quantitative estimate of drug-likeness (QED) is 0.881. The minimum Gasteiger partial charge on any atom is -0.385 e. The molecule has 0 aliphatic carbocycles. The molecule has 0 aliphatic heterocycles. The molecule has 4 heteroatoms. The Labute approximate surface area is 116 Å². The van der Waals surface area contributed by atoms with Crippen LogP contribution in [0.3, 0.4) is 0 Å². The fourth-order valence-corrected chi connectivity index (χ4v) is 2.52. The van der Waals surface area contributed by atoms with Crippen LogP contribution in [0.15, 0.2) is 47.8 Å². The van der Waals surface area contributed by atoms with E-state index < -0.39 is 5.60 Å². The summed E-state index contributed by atoms with van der Waals surface area (Å²) in [5, 5.41) is 15.2. The second-order valence-corrected chi connectivity index (χ2v) is 5.70. The van der Waals surface area contributed by atoms with Gasteiger partial charge in [-0.1, -0.05) is 36.4 Å². The molecule has 1 amide bonds. The van der Waals surface area contributed by atoms with Crippen molar-refractivity contribution >= 4 is 17.2 Å². The molecule has 0 aliphatic rings. The van der Waals surface area contributed by atoms with E-state index in [-0.39, 0.29) is 12.3 Å². The summed E-state index contributed by atoms with van der Waals surface area (Å²) in [6.07, 6.45) is 0.0579. The first kappa shape index (κ1) is 13.8. The van der Waals surface area contributed by atoms with E-state index in [4.69, 9.17) is 0 Å². The van der Waals surface area contributed by atoms with E-state index >= 15 is 0 Å². The van der Waals surface area contributed by atoms with Crippen LogP contribution >= 0.6 is 11.3 Å². The molecule has 2 rings (SSSR count). The molecule has 1 atom stereocenters. The fraction of sp³-hybridized carbons (Fsp3) is 0.267. The molecule has 0 fully saturated rings. The predicted octanol–water partition coefficient (Wildman–Crippen LogP) is 2.66. The minimum atomic E-state index is -1.14. The highest BCUT2D eigenvalue weighted by atomic mass is 32.1. The molecular formula is C15H17NO2S. The SMILES string of the molecule is CC(O)(CC(=O)NCc1cccs1)c1ccccc1. The average molecular weight is 275 g/mol. The maximum atomic E-state index is 11.9. The molecule has 0 bridgehead atoms. The van der Waals surface area contributed by atoms with Gasteiger partial charge in [0.25, 0.3) is 0 Å². The number of rotatable bonds is 5. The lowest BCUT2D eigenvalue weighted by Gasteiger charge is -2.23. The van der Waals surface area contributed by atoms with Crippen molar-refractivity contribution in [3.8, 4) is 0 Å². The van der Waals surface area contributed by atoms with E-state index in [0.717, 1.165) is 10.4 Å². The molecule has 2 N–H and O–H groups in total. The average Bonchev–Trinajstić information content (AvgIpc) is 2.90. The first-order chi connectivity index (χ1) is 9.08. The van der Waals surface area contributed by atoms with Gasteiger partial charge in [-0.25, -0.2) is 0 Å². The molecule has 0 spiro atoms. The lowest BCUT2D eigenvalue weighted by molar-refractivity contribution is -0.126. The van der Waals surface area contributed by atoms with E-state index in [2.05, 4.69) is 5.32 Å². The Morgan fingerprint density at radius 3 is 2.63 bits per heavy atom. The maximum Gasteiger partial charge on any atom is 0.223 e. The number of carbonyl (C=O) groups is 1. The Hall–Kier alpha value is -1.65. The molecule has 1 aromatic heterocycles. The van der Waals surface area contributed by atoms with Gasteiger partial charge in [-0.05, 0) is 23.9 Å². The van der Waals surface area contributed by atoms with Gasteiger partial charge in [0, 0.05) is 4.88 Å². The first-order valence-corrected chi connectivity index (χ1v) is 7.03. The number of thiophene rings is 1. The van der Waals surface area contributed by atoms with Crippen LogP contribution in [-0.2, 0) is 16.9 Å². The van der Waals surface area contributed by atoms with E-state index in [1.54, 1.807) is 18.3 Å². The maximum absolute atomic E-state index is 11.9. The van der Waals surface area contributed by atoms with Crippen molar-refractivity contribution in [3.05, 3.63) is 58.3 Å². The predicted molar refractivity (Wildman–Crippen MR) is 76.8 cm³/mol. The fourth-order valence-electron chi connectivity index (χ4n) is 1.87. The number of benzene rings is 1. The smallest absolute Gasteiger partial charge is 0.223 e. The van der Waals surface area contributed by atoms with E-state index in [9.17, 15) is 9.90 Å². The largest absolute Gasteiger partial charge is 0.385 e. The van der Waals surface area contributed by atoms with Gasteiger partial charge < -0.3 is 10.4 Å². The van der Waals surface area contributed by atoms with Crippen molar-refractivity contribution in [1.29, 1.82) is 0 Å².